The largest absolute Gasteiger partial charge is 0.478 e. The van der Waals surface area contributed by atoms with E-state index < -0.39 is 5.97 Å². The first-order valence-corrected chi connectivity index (χ1v) is 6.49. The maximum atomic E-state index is 10.9. The molecule has 0 bridgehead atoms. The highest BCUT2D eigenvalue weighted by Crippen LogP contribution is 2.29. The van der Waals surface area contributed by atoms with Gasteiger partial charge in [0.05, 0.1) is 11.3 Å². The molecule has 4 nitrogen and oxygen atoms in total. The standard InChI is InChI=1S/C13H10BrClN2O2/c14-10-4-1-7(15)5-12(10)17-8-2-3-9(13(18)19)11(16)6-8/h1-6,17H,16H2,(H,18,19). The van der Waals surface area contributed by atoms with Gasteiger partial charge in [0.15, 0.2) is 0 Å². The van der Waals surface area contributed by atoms with Crippen LogP contribution < -0.4 is 11.1 Å². The minimum absolute atomic E-state index is 0.0794. The summed E-state index contributed by atoms with van der Waals surface area (Å²) in [5, 5.41) is 12.6. The maximum Gasteiger partial charge on any atom is 0.337 e. The van der Waals surface area contributed by atoms with Crippen LogP contribution >= 0.6 is 27.5 Å². The summed E-state index contributed by atoms with van der Waals surface area (Å²) in [4.78, 5) is 10.9. The third-order valence-corrected chi connectivity index (χ3v) is 3.42. The van der Waals surface area contributed by atoms with Crippen LogP contribution in [0.3, 0.4) is 0 Å². The number of nitrogens with two attached hydrogens (primary N) is 1. The average molecular weight is 342 g/mol. The molecule has 6 heteroatoms. The van der Waals surface area contributed by atoms with Gasteiger partial charge in [-0.2, -0.15) is 0 Å². The number of carboxylic acid groups (broad SMARTS) is 1. The minimum atomic E-state index is -1.05. The number of aromatic carboxylic acids is 1. The Kier molecular flexibility index (Phi) is 3.97. The highest BCUT2D eigenvalue weighted by atomic mass is 79.9. The highest BCUT2D eigenvalue weighted by molar-refractivity contribution is 9.10. The number of hydrogen-bond acceptors (Lipinski definition) is 3. The van der Waals surface area contributed by atoms with E-state index in [1.165, 1.54) is 6.07 Å². The van der Waals surface area contributed by atoms with Crippen LogP contribution in [0.25, 0.3) is 0 Å². The topological polar surface area (TPSA) is 75.3 Å². The van der Waals surface area contributed by atoms with Gasteiger partial charge in [-0.05, 0) is 52.3 Å². The molecule has 0 saturated carbocycles. The van der Waals surface area contributed by atoms with Gasteiger partial charge in [0, 0.05) is 20.9 Å². The second-order valence-corrected chi connectivity index (χ2v) is 5.15. The van der Waals surface area contributed by atoms with Crippen molar-refractivity contribution in [1.29, 1.82) is 0 Å². The first-order valence-electron chi connectivity index (χ1n) is 5.32. The van der Waals surface area contributed by atoms with Crippen molar-refractivity contribution in [2.45, 2.75) is 0 Å². The Balaban J connectivity index is 2.31. The van der Waals surface area contributed by atoms with E-state index in [-0.39, 0.29) is 11.3 Å². The van der Waals surface area contributed by atoms with E-state index in [2.05, 4.69) is 21.2 Å². The number of rotatable bonds is 3. The van der Waals surface area contributed by atoms with Gasteiger partial charge in [-0.25, -0.2) is 4.79 Å². The zero-order chi connectivity index (χ0) is 14.0. The van der Waals surface area contributed by atoms with E-state index in [0.29, 0.717) is 10.7 Å². The van der Waals surface area contributed by atoms with Crippen molar-refractivity contribution in [3.05, 3.63) is 51.5 Å². The normalized spacial score (nSPS) is 10.2. The van der Waals surface area contributed by atoms with Gasteiger partial charge in [0.2, 0.25) is 0 Å². The molecule has 98 valence electrons. The second-order valence-electron chi connectivity index (χ2n) is 3.86. The van der Waals surface area contributed by atoms with Crippen molar-refractivity contribution in [1.82, 2.24) is 0 Å². The number of anilines is 3. The van der Waals surface area contributed by atoms with Crippen LogP contribution in [0.15, 0.2) is 40.9 Å². The lowest BCUT2D eigenvalue weighted by atomic mass is 10.1. The third kappa shape index (κ3) is 3.19. The summed E-state index contributed by atoms with van der Waals surface area (Å²) in [7, 11) is 0. The quantitative estimate of drug-likeness (QED) is 0.734. The molecule has 0 radical (unpaired) electrons. The second kappa shape index (κ2) is 5.50. The Morgan fingerprint density at radius 3 is 2.63 bits per heavy atom. The van der Waals surface area contributed by atoms with E-state index in [9.17, 15) is 4.79 Å². The van der Waals surface area contributed by atoms with E-state index >= 15 is 0 Å². The van der Waals surface area contributed by atoms with Crippen LogP contribution in [0.4, 0.5) is 17.1 Å². The number of hydrogen-bond donors (Lipinski definition) is 3. The smallest absolute Gasteiger partial charge is 0.337 e. The van der Waals surface area contributed by atoms with Gasteiger partial charge < -0.3 is 16.2 Å². The van der Waals surface area contributed by atoms with Gasteiger partial charge in [-0.1, -0.05) is 11.6 Å². The Morgan fingerprint density at radius 1 is 1.26 bits per heavy atom. The molecule has 0 aliphatic heterocycles. The SMILES string of the molecule is Nc1cc(Nc2cc(Cl)ccc2Br)ccc1C(=O)O. The summed E-state index contributed by atoms with van der Waals surface area (Å²) in [5.41, 5.74) is 7.43. The van der Waals surface area contributed by atoms with Crippen LogP contribution in [0.1, 0.15) is 10.4 Å². The van der Waals surface area contributed by atoms with Crippen molar-refractivity contribution < 1.29 is 9.90 Å². The first-order chi connectivity index (χ1) is 8.97. The average Bonchev–Trinajstić information content (AvgIpc) is 2.33. The summed E-state index contributed by atoms with van der Waals surface area (Å²) < 4.78 is 0.845. The molecule has 0 spiro atoms. The number of nitrogen functional groups attached to an aromatic ring is 1. The zero-order valence-electron chi connectivity index (χ0n) is 9.65. The van der Waals surface area contributed by atoms with Crippen molar-refractivity contribution in [3.8, 4) is 0 Å². The molecule has 2 aromatic carbocycles. The van der Waals surface area contributed by atoms with Crippen molar-refractivity contribution in [2.24, 2.45) is 0 Å². The molecule has 0 aliphatic rings. The summed E-state index contributed by atoms with van der Waals surface area (Å²) in [6, 6.07) is 10.0. The molecule has 0 fully saturated rings. The molecule has 0 aliphatic carbocycles. The number of nitrogens with one attached hydrogen (secondary N) is 1. The van der Waals surface area contributed by atoms with Crippen LogP contribution in [-0.2, 0) is 0 Å². The predicted molar refractivity (Wildman–Crippen MR) is 80.2 cm³/mol. The van der Waals surface area contributed by atoms with Crippen molar-refractivity contribution >= 4 is 50.6 Å². The molecule has 2 rings (SSSR count). The van der Waals surface area contributed by atoms with Crippen LogP contribution in [0.2, 0.25) is 5.02 Å². The van der Waals surface area contributed by atoms with E-state index in [1.54, 1.807) is 24.3 Å². The van der Waals surface area contributed by atoms with Gasteiger partial charge in [0.25, 0.3) is 0 Å². The van der Waals surface area contributed by atoms with Crippen LogP contribution in [0.5, 0.6) is 0 Å². The fourth-order valence-electron chi connectivity index (χ4n) is 1.58. The Bertz CT molecular complexity index is 647. The summed E-state index contributed by atoms with van der Waals surface area (Å²) >= 11 is 9.32. The fourth-order valence-corrected chi connectivity index (χ4v) is 2.10. The molecule has 0 saturated heterocycles. The monoisotopic (exact) mass is 340 g/mol. The summed E-state index contributed by atoms with van der Waals surface area (Å²) in [5.74, 6) is -1.05. The van der Waals surface area contributed by atoms with Crippen molar-refractivity contribution in [2.75, 3.05) is 11.1 Å². The van der Waals surface area contributed by atoms with Gasteiger partial charge in [-0.15, -0.1) is 0 Å². The van der Waals surface area contributed by atoms with Gasteiger partial charge in [0.1, 0.15) is 0 Å². The first kappa shape index (κ1) is 13.7. The van der Waals surface area contributed by atoms with Crippen LogP contribution in [0, 0.1) is 0 Å². The minimum Gasteiger partial charge on any atom is -0.478 e. The van der Waals surface area contributed by atoms with Gasteiger partial charge in [-0.3, -0.25) is 0 Å². The van der Waals surface area contributed by atoms with Gasteiger partial charge >= 0.3 is 5.97 Å². The lowest BCUT2D eigenvalue weighted by molar-refractivity contribution is 0.0698. The lowest BCUT2D eigenvalue weighted by Gasteiger charge is -2.10. The Labute approximate surface area is 123 Å². The maximum absolute atomic E-state index is 10.9. The Hall–Kier alpha value is -1.72. The van der Waals surface area contributed by atoms with E-state index in [0.717, 1.165) is 10.2 Å². The van der Waals surface area contributed by atoms with Crippen LogP contribution in [-0.4, -0.2) is 11.1 Å². The molecule has 19 heavy (non-hydrogen) atoms. The molecular formula is C13H10BrClN2O2. The fraction of sp³-hybridized carbons (Fsp3) is 0. The predicted octanol–water partition coefficient (Wildman–Crippen LogP) is 4.13. The van der Waals surface area contributed by atoms with Crippen molar-refractivity contribution in [3.63, 3.8) is 0 Å². The summed E-state index contributed by atoms with van der Waals surface area (Å²) in [6.45, 7) is 0. The number of benzene rings is 2. The molecule has 0 atom stereocenters. The Morgan fingerprint density at radius 2 is 2.00 bits per heavy atom. The molecule has 0 amide bonds. The number of carboxylic acids is 1. The van der Waals surface area contributed by atoms with E-state index in [1.807, 2.05) is 6.07 Å². The molecule has 0 aromatic heterocycles. The zero-order valence-corrected chi connectivity index (χ0v) is 12.0. The van der Waals surface area contributed by atoms with E-state index in [4.69, 9.17) is 22.4 Å². The molecular weight excluding hydrogens is 332 g/mol. The molecule has 2 aromatic rings. The molecule has 0 unspecified atom stereocenters. The number of carbonyl (C=O) groups is 1. The third-order valence-electron chi connectivity index (χ3n) is 2.49. The lowest BCUT2D eigenvalue weighted by Crippen LogP contribution is -2.03. The number of halogens is 2. The molecule has 0 heterocycles. The summed E-state index contributed by atoms with van der Waals surface area (Å²) in [6.07, 6.45) is 0. The highest BCUT2D eigenvalue weighted by Gasteiger charge is 2.08. The molecule has 4 N–H and O–H groups in total.